The summed E-state index contributed by atoms with van der Waals surface area (Å²) < 4.78 is 61.1. The van der Waals surface area contributed by atoms with Crippen molar-refractivity contribution in [3.8, 4) is 0 Å². The zero-order valence-corrected chi connectivity index (χ0v) is 12.0. The molecule has 0 spiro atoms. The highest BCUT2D eigenvalue weighted by Crippen LogP contribution is 2.29. The van der Waals surface area contributed by atoms with E-state index in [2.05, 4.69) is 5.32 Å². The summed E-state index contributed by atoms with van der Waals surface area (Å²) in [5, 5.41) is 2.40. The van der Waals surface area contributed by atoms with Gasteiger partial charge in [-0.3, -0.25) is 4.79 Å². The van der Waals surface area contributed by atoms with Crippen LogP contribution < -0.4 is 5.32 Å². The minimum absolute atomic E-state index is 0.0514. The zero-order valence-electron chi connectivity index (χ0n) is 11.2. The zero-order chi connectivity index (χ0) is 16.4. The van der Waals surface area contributed by atoms with Gasteiger partial charge in [0.25, 0.3) is 5.91 Å². The normalized spacial score (nSPS) is 20.3. The maximum absolute atomic E-state index is 12.6. The number of rotatable bonds is 2. The number of nitrogens with one attached hydrogen (secondary N) is 1. The Bertz CT molecular complexity index is 749. The number of carbonyl (C=O) groups excluding carboxylic acids is 1. The Hall–Kier alpha value is -2.09. The average molecular weight is 331 g/mol. The molecule has 1 fully saturated rings. The highest BCUT2D eigenvalue weighted by Gasteiger charge is 2.30. The van der Waals surface area contributed by atoms with Gasteiger partial charge < -0.3 is 5.32 Å². The Morgan fingerprint density at radius 2 is 1.95 bits per heavy atom. The highest BCUT2D eigenvalue weighted by molar-refractivity contribution is 7.96. The van der Waals surface area contributed by atoms with Gasteiger partial charge in [0.05, 0.1) is 11.3 Å². The lowest BCUT2D eigenvalue weighted by molar-refractivity contribution is -0.137. The molecule has 0 aromatic heterocycles. The molecule has 0 saturated carbocycles. The van der Waals surface area contributed by atoms with Crippen molar-refractivity contribution in [2.75, 3.05) is 12.3 Å². The quantitative estimate of drug-likeness (QED) is 0.845. The first-order chi connectivity index (χ1) is 10.2. The van der Waals surface area contributed by atoms with Gasteiger partial charge in [-0.2, -0.15) is 13.2 Å². The third-order valence-corrected chi connectivity index (χ3v) is 4.70. The van der Waals surface area contributed by atoms with Gasteiger partial charge >= 0.3 is 6.18 Å². The Labute approximate surface area is 125 Å². The predicted octanol–water partition coefficient (Wildman–Crippen LogP) is 2.15. The Balaban J connectivity index is 2.26. The van der Waals surface area contributed by atoms with E-state index < -0.39 is 27.5 Å². The van der Waals surface area contributed by atoms with E-state index in [0.717, 1.165) is 18.2 Å². The molecule has 0 aliphatic carbocycles. The summed E-state index contributed by atoms with van der Waals surface area (Å²) in [4.78, 5) is 11.1. The number of hydrogen-bond acceptors (Lipinski definition) is 3. The second-order valence-corrected chi connectivity index (χ2v) is 6.67. The number of hydrogen-bond donors (Lipinski definition) is 1. The Morgan fingerprint density at radius 1 is 1.23 bits per heavy atom. The van der Waals surface area contributed by atoms with Crippen LogP contribution in [0.3, 0.4) is 0 Å². The van der Waals surface area contributed by atoms with E-state index in [1.807, 2.05) is 0 Å². The van der Waals surface area contributed by atoms with Gasteiger partial charge in [-0.1, -0.05) is 24.3 Å². The van der Waals surface area contributed by atoms with Crippen LogP contribution in [0.5, 0.6) is 0 Å². The van der Waals surface area contributed by atoms with Crippen LogP contribution in [0, 0.1) is 0 Å². The molecule has 8 heteroatoms. The summed E-state index contributed by atoms with van der Waals surface area (Å²) in [5.74, 6) is -0.901. The first-order valence-corrected chi connectivity index (χ1v) is 7.92. The van der Waals surface area contributed by atoms with Crippen LogP contribution in [-0.4, -0.2) is 26.6 Å². The molecule has 1 amide bonds. The van der Waals surface area contributed by atoms with E-state index >= 15 is 0 Å². The van der Waals surface area contributed by atoms with Crippen molar-refractivity contribution in [1.29, 1.82) is 0 Å². The van der Waals surface area contributed by atoms with E-state index in [-0.39, 0.29) is 22.8 Å². The molecule has 1 N–H and O–H groups in total. The number of amides is 1. The van der Waals surface area contributed by atoms with Crippen LogP contribution in [0.4, 0.5) is 13.2 Å². The van der Waals surface area contributed by atoms with E-state index in [0.29, 0.717) is 0 Å². The minimum atomic E-state index is -4.45. The molecule has 0 unspecified atom stereocenters. The molecule has 118 valence electrons. The number of halogens is 3. The van der Waals surface area contributed by atoms with Crippen LogP contribution in [0.25, 0.3) is 6.08 Å². The van der Waals surface area contributed by atoms with Crippen molar-refractivity contribution in [2.45, 2.75) is 6.18 Å². The SMILES string of the molecule is O=C1NCCS(=O)(=O)/C1=C\C=C\c1cccc(C(F)(F)F)c1. The summed E-state index contributed by atoms with van der Waals surface area (Å²) in [7, 11) is -3.64. The second-order valence-electron chi connectivity index (χ2n) is 4.59. The predicted molar refractivity (Wildman–Crippen MR) is 75.4 cm³/mol. The van der Waals surface area contributed by atoms with Crippen LogP contribution in [0.1, 0.15) is 11.1 Å². The molecular weight excluding hydrogens is 319 g/mol. The fraction of sp³-hybridized carbons (Fsp3) is 0.214. The second kappa shape index (κ2) is 5.96. The third-order valence-electron chi connectivity index (χ3n) is 2.97. The summed E-state index contributed by atoms with van der Waals surface area (Å²) in [5.41, 5.74) is -0.550. The molecule has 1 aromatic carbocycles. The monoisotopic (exact) mass is 331 g/mol. The first kappa shape index (κ1) is 16.3. The topological polar surface area (TPSA) is 63.2 Å². The molecular formula is C14H12F3NO3S. The third kappa shape index (κ3) is 3.76. The van der Waals surface area contributed by atoms with E-state index in [1.165, 1.54) is 24.3 Å². The molecule has 0 radical (unpaired) electrons. The van der Waals surface area contributed by atoms with Crippen molar-refractivity contribution in [3.63, 3.8) is 0 Å². The lowest BCUT2D eigenvalue weighted by Crippen LogP contribution is -2.39. The molecule has 0 bridgehead atoms. The molecule has 4 nitrogen and oxygen atoms in total. The number of sulfone groups is 1. The Kier molecular flexibility index (Phi) is 4.41. The molecule has 2 rings (SSSR count). The fourth-order valence-corrected chi connectivity index (χ4v) is 3.11. The van der Waals surface area contributed by atoms with Gasteiger partial charge in [0.2, 0.25) is 0 Å². The molecule has 1 aliphatic heterocycles. The van der Waals surface area contributed by atoms with Crippen molar-refractivity contribution in [3.05, 3.63) is 52.4 Å². The summed E-state index contributed by atoms with van der Waals surface area (Å²) in [6.45, 7) is 0.0514. The number of alkyl halides is 3. The lowest BCUT2D eigenvalue weighted by Gasteiger charge is -2.14. The van der Waals surface area contributed by atoms with Crippen LogP contribution in [-0.2, 0) is 20.8 Å². The standard InChI is InChI=1S/C14H12F3NO3S/c15-14(16,17)11-5-1-3-10(9-11)4-2-6-12-13(19)18-7-8-22(12,20)21/h1-6,9H,7-8H2,(H,18,19)/b4-2+,12-6-. The van der Waals surface area contributed by atoms with E-state index in [9.17, 15) is 26.4 Å². The van der Waals surface area contributed by atoms with Gasteiger partial charge in [-0.05, 0) is 23.8 Å². The van der Waals surface area contributed by atoms with E-state index in [1.54, 1.807) is 0 Å². The maximum atomic E-state index is 12.6. The van der Waals surface area contributed by atoms with Gasteiger partial charge in [-0.25, -0.2) is 8.42 Å². The molecule has 22 heavy (non-hydrogen) atoms. The summed E-state index contributed by atoms with van der Waals surface area (Å²) in [6.07, 6.45) is -0.814. The number of allylic oxidation sites excluding steroid dienone is 2. The van der Waals surface area contributed by atoms with Crippen molar-refractivity contribution in [1.82, 2.24) is 5.32 Å². The van der Waals surface area contributed by atoms with Gasteiger partial charge in [0, 0.05) is 6.54 Å². The van der Waals surface area contributed by atoms with Crippen LogP contribution >= 0.6 is 0 Å². The van der Waals surface area contributed by atoms with E-state index in [4.69, 9.17) is 0 Å². The molecule has 0 atom stereocenters. The number of carbonyl (C=O) groups is 1. The summed E-state index contributed by atoms with van der Waals surface area (Å²) >= 11 is 0. The van der Waals surface area contributed by atoms with Crippen molar-refractivity contribution < 1.29 is 26.4 Å². The first-order valence-electron chi connectivity index (χ1n) is 6.27. The minimum Gasteiger partial charge on any atom is -0.350 e. The van der Waals surface area contributed by atoms with Gasteiger partial charge in [-0.15, -0.1) is 0 Å². The number of benzene rings is 1. The van der Waals surface area contributed by atoms with Crippen LogP contribution in [0.15, 0.2) is 41.3 Å². The smallest absolute Gasteiger partial charge is 0.350 e. The van der Waals surface area contributed by atoms with Gasteiger partial charge in [0.15, 0.2) is 9.84 Å². The maximum Gasteiger partial charge on any atom is 0.416 e. The summed E-state index contributed by atoms with van der Waals surface area (Å²) in [6, 6.07) is 4.57. The fourth-order valence-electron chi connectivity index (χ4n) is 1.88. The average Bonchev–Trinajstić information content (AvgIpc) is 2.41. The van der Waals surface area contributed by atoms with Crippen molar-refractivity contribution in [2.24, 2.45) is 0 Å². The van der Waals surface area contributed by atoms with Gasteiger partial charge in [0.1, 0.15) is 4.91 Å². The van der Waals surface area contributed by atoms with Crippen LogP contribution in [0.2, 0.25) is 0 Å². The Morgan fingerprint density at radius 3 is 2.59 bits per heavy atom. The molecule has 1 aliphatic rings. The largest absolute Gasteiger partial charge is 0.416 e. The molecule has 1 saturated heterocycles. The lowest BCUT2D eigenvalue weighted by atomic mass is 10.1. The van der Waals surface area contributed by atoms with Crippen molar-refractivity contribution >= 4 is 21.8 Å². The molecule has 1 heterocycles. The highest BCUT2D eigenvalue weighted by atomic mass is 32.2. The molecule has 1 aromatic rings.